The van der Waals surface area contributed by atoms with Gasteiger partial charge in [-0.1, -0.05) is 18.2 Å². The number of aryl methyl sites for hydroxylation is 1. The molecule has 1 aromatic rings. The Morgan fingerprint density at radius 3 is 2.72 bits per heavy atom. The molecule has 0 fully saturated rings. The van der Waals surface area contributed by atoms with Crippen LogP contribution in [-0.2, 0) is 20.7 Å². The Balaban J connectivity index is 2.10. The second kappa shape index (κ2) is 8.23. The van der Waals surface area contributed by atoms with Crippen LogP contribution < -0.4 is 10.6 Å². The van der Waals surface area contributed by atoms with Crippen molar-refractivity contribution in [2.45, 2.75) is 52.2 Å². The van der Waals surface area contributed by atoms with Crippen LogP contribution in [0.4, 0.5) is 10.5 Å². The van der Waals surface area contributed by atoms with Crippen LogP contribution in [0.25, 0.3) is 0 Å². The number of nitrogens with one attached hydrogen (secondary N) is 2. The second-order valence-electron chi connectivity index (χ2n) is 7.21. The summed E-state index contributed by atoms with van der Waals surface area (Å²) in [6.07, 6.45) is 0.996. The number of benzene rings is 1. The molecule has 138 valence electrons. The number of hydrogen-bond acceptors (Lipinski definition) is 5. The summed E-state index contributed by atoms with van der Waals surface area (Å²) in [5.74, 6) is -0.509. The maximum Gasteiger partial charge on any atom is 0.408 e. The number of hydrogen-bond donors (Lipinski definition) is 2. The molecule has 1 aliphatic rings. The zero-order valence-electron chi connectivity index (χ0n) is 15.4. The molecule has 0 aliphatic carbocycles. The van der Waals surface area contributed by atoms with Crippen molar-refractivity contribution in [3.05, 3.63) is 29.8 Å². The maximum absolute atomic E-state index is 12.4. The highest BCUT2D eigenvalue weighted by Crippen LogP contribution is 2.25. The van der Waals surface area contributed by atoms with E-state index in [0.29, 0.717) is 6.54 Å². The largest absolute Gasteiger partial charge is 0.464 e. The third-order valence-electron chi connectivity index (χ3n) is 4.04. The Kier molecular flexibility index (Phi) is 6.28. The predicted molar refractivity (Wildman–Crippen MR) is 96.5 cm³/mol. The van der Waals surface area contributed by atoms with Gasteiger partial charge >= 0.3 is 12.1 Å². The standard InChI is InChI=1S/C19H28N2O4/c1-5-24-17(22)16(21-18(23)25-19(2,3)4)14-11-10-13-8-6-7-9-15(13)20-12-14/h6-9,14,16,20H,5,10-12H2,1-4H3,(H,21,23). The van der Waals surface area contributed by atoms with Crippen molar-refractivity contribution in [1.82, 2.24) is 5.32 Å². The number of amides is 1. The zero-order chi connectivity index (χ0) is 18.4. The number of fused-ring (bicyclic) bond motifs is 1. The van der Waals surface area contributed by atoms with E-state index in [2.05, 4.69) is 16.7 Å². The topological polar surface area (TPSA) is 76.7 Å². The lowest BCUT2D eigenvalue weighted by atomic mass is 9.93. The molecule has 0 bridgehead atoms. The monoisotopic (exact) mass is 348 g/mol. The predicted octanol–water partition coefficient (Wildman–Crippen LogP) is 3.12. The van der Waals surface area contributed by atoms with Gasteiger partial charge in [-0.3, -0.25) is 0 Å². The molecular formula is C19H28N2O4. The number of anilines is 1. The number of ether oxygens (including phenoxy) is 2. The second-order valence-corrected chi connectivity index (χ2v) is 7.21. The summed E-state index contributed by atoms with van der Waals surface area (Å²) in [4.78, 5) is 24.6. The maximum atomic E-state index is 12.4. The molecule has 6 heteroatoms. The number of rotatable bonds is 4. The van der Waals surface area contributed by atoms with Gasteiger partial charge in [-0.2, -0.15) is 0 Å². The van der Waals surface area contributed by atoms with E-state index >= 15 is 0 Å². The van der Waals surface area contributed by atoms with E-state index in [1.54, 1.807) is 27.7 Å². The van der Waals surface area contributed by atoms with Crippen molar-refractivity contribution in [2.75, 3.05) is 18.5 Å². The lowest BCUT2D eigenvalue weighted by molar-refractivity contribution is -0.147. The van der Waals surface area contributed by atoms with Crippen LogP contribution in [0.15, 0.2) is 24.3 Å². The van der Waals surface area contributed by atoms with Gasteiger partial charge in [0.05, 0.1) is 6.61 Å². The van der Waals surface area contributed by atoms with Gasteiger partial charge in [0.15, 0.2) is 0 Å². The number of esters is 1. The Hall–Kier alpha value is -2.24. The Morgan fingerprint density at radius 1 is 1.32 bits per heavy atom. The molecule has 0 saturated carbocycles. The normalized spacial score (nSPS) is 18.2. The van der Waals surface area contributed by atoms with Gasteiger partial charge < -0.3 is 20.1 Å². The van der Waals surface area contributed by atoms with Gasteiger partial charge in [-0.05, 0) is 52.2 Å². The summed E-state index contributed by atoms with van der Waals surface area (Å²) in [5.41, 5.74) is 1.66. The molecule has 2 N–H and O–H groups in total. The molecule has 1 aliphatic heterocycles. The highest BCUT2D eigenvalue weighted by atomic mass is 16.6. The molecule has 0 saturated heterocycles. The van der Waals surface area contributed by atoms with Crippen LogP contribution in [0.3, 0.4) is 0 Å². The first-order valence-electron chi connectivity index (χ1n) is 8.78. The molecule has 1 aromatic carbocycles. The SMILES string of the molecule is CCOC(=O)C(NC(=O)OC(C)(C)C)C1CCc2ccccc2NC1. The van der Waals surface area contributed by atoms with Gasteiger partial charge in [-0.25, -0.2) is 9.59 Å². The van der Waals surface area contributed by atoms with Crippen molar-refractivity contribution >= 4 is 17.7 Å². The quantitative estimate of drug-likeness (QED) is 0.818. The van der Waals surface area contributed by atoms with Gasteiger partial charge in [0, 0.05) is 18.2 Å². The van der Waals surface area contributed by atoms with Crippen molar-refractivity contribution in [3.8, 4) is 0 Å². The van der Waals surface area contributed by atoms with Crippen molar-refractivity contribution in [3.63, 3.8) is 0 Å². The molecule has 2 rings (SSSR count). The Bertz CT molecular complexity index is 583. The minimum Gasteiger partial charge on any atom is -0.464 e. The summed E-state index contributed by atoms with van der Waals surface area (Å²) in [7, 11) is 0. The molecule has 1 heterocycles. The fourth-order valence-corrected chi connectivity index (χ4v) is 2.92. The summed E-state index contributed by atoms with van der Waals surface area (Å²) >= 11 is 0. The highest BCUT2D eigenvalue weighted by molar-refractivity contribution is 5.82. The number of para-hydroxylation sites is 1. The molecule has 0 spiro atoms. The number of carbonyl (C=O) groups is 2. The minimum atomic E-state index is -0.739. The first-order valence-corrected chi connectivity index (χ1v) is 8.78. The van der Waals surface area contributed by atoms with Crippen LogP contribution in [0, 0.1) is 5.92 Å². The fraction of sp³-hybridized carbons (Fsp3) is 0.579. The van der Waals surface area contributed by atoms with Crippen LogP contribution >= 0.6 is 0 Å². The average molecular weight is 348 g/mol. The lowest BCUT2D eigenvalue weighted by Crippen LogP contribution is -2.50. The van der Waals surface area contributed by atoms with Crippen LogP contribution in [0.1, 0.15) is 39.7 Å². The van der Waals surface area contributed by atoms with Crippen molar-refractivity contribution < 1.29 is 19.1 Å². The van der Waals surface area contributed by atoms with E-state index in [4.69, 9.17) is 9.47 Å². The third kappa shape index (κ3) is 5.66. The fourth-order valence-electron chi connectivity index (χ4n) is 2.92. The summed E-state index contributed by atoms with van der Waals surface area (Å²) in [5, 5.41) is 6.08. The van der Waals surface area contributed by atoms with E-state index in [9.17, 15) is 9.59 Å². The number of alkyl carbamates (subject to hydrolysis) is 1. The van der Waals surface area contributed by atoms with E-state index < -0.39 is 23.7 Å². The summed E-state index contributed by atoms with van der Waals surface area (Å²) in [6, 6.07) is 7.34. The molecule has 1 amide bonds. The number of carbonyl (C=O) groups excluding carboxylic acids is 2. The molecular weight excluding hydrogens is 320 g/mol. The van der Waals surface area contributed by atoms with E-state index in [1.807, 2.05) is 18.2 Å². The average Bonchev–Trinajstić information content (AvgIpc) is 2.74. The van der Waals surface area contributed by atoms with Gasteiger partial charge in [0.1, 0.15) is 11.6 Å². The van der Waals surface area contributed by atoms with Gasteiger partial charge in [0.25, 0.3) is 0 Å². The van der Waals surface area contributed by atoms with Gasteiger partial charge in [-0.15, -0.1) is 0 Å². The molecule has 2 atom stereocenters. The molecule has 25 heavy (non-hydrogen) atoms. The van der Waals surface area contributed by atoms with E-state index in [-0.39, 0.29) is 12.5 Å². The summed E-state index contributed by atoms with van der Waals surface area (Å²) < 4.78 is 10.5. The van der Waals surface area contributed by atoms with E-state index in [0.717, 1.165) is 18.5 Å². The van der Waals surface area contributed by atoms with E-state index in [1.165, 1.54) is 5.56 Å². The third-order valence-corrected chi connectivity index (χ3v) is 4.04. The van der Waals surface area contributed by atoms with Crippen molar-refractivity contribution in [1.29, 1.82) is 0 Å². The van der Waals surface area contributed by atoms with Crippen molar-refractivity contribution in [2.24, 2.45) is 5.92 Å². The lowest BCUT2D eigenvalue weighted by Gasteiger charge is -2.27. The molecule has 0 aromatic heterocycles. The Labute approximate surface area is 149 Å². The highest BCUT2D eigenvalue weighted by Gasteiger charge is 2.33. The van der Waals surface area contributed by atoms with Gasteiger partial charge in [0.2, 0.25) is 0 Å². The first-order chi connectivity index (χ1) is 11.8. The first kappa shape index (κ1) is 19.1. The Morgan fingerprint density at radius 2 is 2.04 bits per heavy atom. The zero-order valence-corrected chi connectivity index (χ0v) is 15.4. The molecule has 2 unspecified atom stereocenters. The van der Waals surface area contributed by atoms with Crippen LogP contribution in [0.2, 0.25) is 0 Å². The van der Waals surface area contributed by atoms with Crippen LogP contribution in [0.5, 0.6) is 0 Å². The summed E-state index contributed by atoms with van der Waals surface area (Å²) in [6.45, 7) is 7.97. The minimum absolute atomic E-state index is 0.0843. The smallest absolute Gasteiger partial charge is 0.408 e. The molecule has 0 radical (unpaired) electrons. The van der Waals surface area contributed by atoms with Crippen LogP contribution in [-0.4, -0.2) is 36.9 Å². The molecule has 6 nitrogen and oxygen atoms in total.